The molecule has 2 heterocycles. The molecule has 6 nitrogen and oxygen atoms in total. The fraction of sp³-hybridized carbons (Fsp3) is 0.364. The number of hydrogen-bond acceptors (Lipinski definition) is 5. The minimum atomic E-state index is -0.540. The Bertz CT molecular complexity index is 952. The van der Waals surface area contributed by atoms with Gasteiger partial charge in [-0.05, 0) is 62.6 Å². The Morgan fingerprint density at radius 1 is 1.14 bits per heavy atom. The van der Waals surface area contributed by atoms with Crippen molar-refractivity contribution in [1.29, 1.82) is 0 Å². The van der Waals surface area contributed by atoms with E-state index < -0.39 is 5.97 Å². The van der Waals surface area contributed by atoms with E-state index >= 15 is 0 Å². The number of nitrogens with zero attached hydrogens (tertiary/aromatic N) is 1. The highest BCUT2D eigenvalue weighted by atomic mass is 16.6. The number of aromatic nitrogens is 1. The molecule has 0 atom stereocenters. The molecule has 0 amide bonds. The van der Waals surface area contributed by atoms with Gasteiger partial charge in [0.15, 0.2) is 23.9 Å². The smallest absolute Gasteiger partial charge is 0.331 e. The first kappa shape index (κ1) is 18.3. The van der Waals surface area contributed by atoms with Gasteiger partial charge < -0.3 is 18.8 Å². The van der Waals surface area contributed by atoms with Crippen LogP contribution >= 0.6 is 0 Å². The molecule has 0 spiro atoms. The molecule has 1 aliphatic carbocycles. The maximum Gasteiger partial charge on any atom is 0.331 e. The van der Waals surface area contributed by atoms with Crippen LogP contribution < -0.4 is 9.47 Å². The summed E-state index contributed by atoms with van der Waals surface area (Å²) >= 11 is 0. The Morgan fingerprint density at radius 2 is 1.89 bits per heavy atom. The number of aryl methyl sites for hydroxylation is 1. The summed E-state index contributed by atoms with van der Waals surface area (Å²) in [4.78, 5) is 24.3. The summed E-state index contributed by atoms with van der Waals surface area (Å²) < 4.78 is 18.3. The number of rotatable bonds is 6. The van der Waals surface area contributed by atoms with E-state index in [-0.39, 0.29) is 12.4 Å². The van der Waals surface area contributed by atoms with E-state index in [0.717, 1.165) is 11.3 Å². The van der Waals surface area contributed by atoms with Gasteiger partial charge >= 0.3 is 5.97 Å². The number of ether oxygens (including phenoxy) is 3. The van der Waals surface area contributed by atoms with Gasteiger partial charge in [-0.25, -0.2) is 4.79 Å². The van der Waals surface area contributed by atoms with E-state index in [1.165, 1.54) is 24.6 Å². The second-order valence-corrected chi connectivity index (χ2v) is 7.15. The molecular weight excluding hydrogens is 358 g/mol. The predicted molar refractivity (Wildman–Crippen MR) is 104 cm³/mol. The van der Waals surface area contributed by atoms with Crippen LogP contribution in [-0.4, -0.2) is 36.1 Å². The van der Waals surface area contributed by atoms with E-state index in [0.29, 0.717) is 36.3 Å². The molecule has 0 N–H and O–H groups in total. The standard InChI is InChI=1S/C22H23NO5/c1-14-11-16(15(2)23(14)18-5-6-18)4-8-22(25)28-13-19(24)17-3-7-20-21(12-17)27-10-9-26-20/h3-4,7-8,11-12,18H,5-6,9-10,13H2,1-2H3/b8-4+. The summed E-state index contributed by atoms with van der Waals surface area (Å²) in [5.74, 6) is 0.327. The molecule has 0 saturated heterocycles. The minimum absolute atomic E-state index is 0.286. The first-order valence-electron chi connectivity index (χ1n) is 9.49. The topological polar surface area (TPSA) is 66.8 Å². The van der Waals surface area contributed by atoms with Crippen LogP contribution in [0.2, 0.25) is 0 Å². The van der Waals surface area contributed by atoms with Gasteiger partial charge in [-0.1, -0.05) is 0 Å². The van der Waals surface area contributed by atoms with Crippen LogP contribution in [0.4, 0.5) is 0 Å². The molecule has 2 aliphatic rings. The summed E-state index contributed by atoms with van der Waals surface area (Å²) in [5.41, 5.74) is 3.77. The first-order valence-corrected chi connectivity index (χ1v) is 9.49. The molecule has 28 heavy (non-hydrogen) atoms. The molecule has 6 heteroatoms. The van der Waals surface area contributed by atoms with Crippen LogP contribution in [0.25, 0.3) is 6.08 Å². The molecule has 1 saturated carbocycles. The van der Waals surface area contributed by atoms with E-state index in [2.05, 4.69) is 24.5 Å². The van der Waals surface area contributed by atoms with Gasteiger partial charge in [-0.15, -0.1) is 0 Å². The van der Waals surface area contributed by atoms with Crippen molar-refractivity contribution in [3.8, 4) is 11.5 Å². The van der Waals surface area contributed by atoms with Gasteiger partial charge in [0, 0.05) is 29.1 Å². The Kier molecular flexibility index (Phi) is 4.94. The lowest BCUT2D eigenvalue weighted by Crippen LogP contribution is -2.17. The van der Waals surface area contributed by atoms with Crippen molar-refractivity contribution < 1.29 is 23.8 Å². The predicted octanol–water partition coefficient (Wildman–Crippen LogP) is 3.65. The minimum Gasteiger partial charge on any atom is -0.486 e. The van der Waals surface area contributed by atoms with Crippen LogP contribution in [0.5, 0.6) is 11.5 Å². The zero-order chi connectivity index (χ0) is 19.7. The molecule has 4 rings (SSSR count). The van der Waals surface area contributed by atoms with Gasteiger partial charge in [-0.3, -0.25) is 4.79 Å². The van der Waals surface area contributed by atoms with Crippen molar-refractivity contribution in [3.63, 3.8) is 0 Å². The molecule has 0 bridgehead atoms. The van der Waals surface area contributed by atoms with Gasteiger partial charge in [0.2, 0.25) is 0 Å². The van der Waals surface area contributed by atoms with Crippen LogP contribution in [0.3, 0.4) is 0 Å². The van der Waals surface area contributed by atoms with E-state index in [1.54, 1.807) is 24.3 Å². The Labute approximate surface area is 163 Å². The molecule has 146 valence electrons. The molecule has 1 fully saturated rings. The van der Waals surface area contributed by atoms with Crippen molar-refractivity contribution in [1.82, 2.24) is 4.57 Å². The van der Waals surface area contributed by atoms with E-state index in [4.69, 9.17) is 14.2 Å². The fourth-order valence-electron chi connectivity index (χ4n) is 3.51. The number of esters is 1. The second-order valence-electron chi connectivity index (χ2n) is 7.15. The molecule has 2 aromatic rings. The molecule has 1 aromatic heterocycles. The summed E-state index contributed by atoms with van der Waals surface area (Å²) in [6.45, 7) is 4.76. The van der Waals surface area contributed by atoms with Gasteiger partial charge in [0.05, 0.1) is 0 Å². The zero-order valence-corrected chi connectivity index (χ0v) is 16.1. The van der Waals surface area contributed by atoms with Crippen LogP contribution in [0.1, 0.15) is 46.2 Å². The third-order valence-electron chi connectivity index (χ3n) is 5.04. The lowest BCUT2D eigenvalue weighted by molar-refractivity contribution is -0.136. The Morgan fingerprint density at radius 3 is 2.64 bits per heavy atom. The number of carbonyl (C=O) groups excluding carboxylic acids is 2. The largest absolute Gasteiger partial charge is 0.486 e. The number of Topliss-reactive ketones (excluding diaryl/α,β-unsaturated/α-hetero) is 1. The van der Waals surface area contributed by atoms with Gasteiger partial charge in [0.1, 0.15) is 13.2 Å². The van der Waals surface area contributed by atoms with Crippen LogP contribution in [0.15, 0.2) is 30.3 Å². The Balaban J connectivity index is 1.35. The van der Waals surface area contributed by atoms with Gasteiger partial charge in [0.25, 0.3) is 0 Å². The van der Waals surface area contributed by atoms with E-state index in [9.17, 15) is 9.59 Å². The summed E-state index contributed by atoms with van der Waals surface area (Å²) in [6, 6.07) is 7.62. The molecule has 0 radical (unpaired) electrons. The van der Waals surface area contributed by atoms with Crippen molar-refractivity contribution in [2.75, 3.05) is 19.8 Å². The lowest BCUT2D eigenvalue weighted by atomic mass is 10.1. The van der Waals surface area contributed by atoms with Crippen LogP contribution in [0, 0.1) is 13.8 Å². The van der Waals surface area contributed by atoms with Crippen molar-refractivity contribution in [2.24, 2.45) is 0 Å². The first-order chi connectivity index (χ1) is 13.5. The highest BCUT2D eigenvalue weighted by Gasteiger charge is 2.26. The van der Waals surface area contributed by atoms with Gasteiger partial charge in [-0.2, -0.15) is 0 Å². The third-order valence-corrected chi connectivity index (χ3v) is 5.04. The SMILES string of the molecule is Cc1cc(/C=C/C(=O)OCC(=O)c2ccc3c(c2)OCCO3)c(C)n1C1CC1. The van der Waals surface area contributed by atoms with Crippen molar-refractivity contribution in [3.05, 3.63) is 52.9 Å². The molecular formula is C22H23NO5. The number of fused-ring (bicyclic) bond motifs is 1. The molecule has 1 aliphatic heterocycles. The number of carbonyl (C=O) groups is 2. The quantitative estimate of drug-likeness (QED) is 0.434. The van der Waals surface area contributed by atoms with E-state index in [1.807, 2.05) is 0 Å². The summed E-state index contributed by atoms with van der Waals surface area (Å²) in [6.07, 6.45) is 5.54. The zero-order valence-electron chi connectivity index (χ0n) is 16.1. The molecule has 0 unspecified atom stereocenters. The highest BCUT2D eigenvalue weighted by molar-refractivity contribution is 5.99. The van der Waals surface area contributed by atoms with Crippen molar-refractivity contribution >= 4 is 17.8 Å². The van der Waals surface area contributed by atoms with Crippen molar-refractivity contribution in [2.45, 2.75) is 32.7 Å². The fourth-order valence-corrected chi connectivity index (χ4v) is 3.51. The maximum absolute atomic E-state index is 12.3. The normalized spacial score (nSPS) is 15.6. The maximum atomic E-state index is 12.3. The summed E-state index contributed by atoms with van der Waals surface area (Å²) in [5, 5.41) is 0. The number of benzene rings is 1. The summed E-state index contributed by atoms with van der Waals surface area (Å²) in [7, 11) is 0. The average Bonchev–Trinajstić information content (AvgIpc) is 3.49. The highest BCUT2D eigenvalue weighted by Crippen LogP contribution is 2.38. The number of ketones is 1. The monoisotopic (exact) mass is 381 g/mol. The molecule has 1 aromatic carbocycles. The average molecular weight is 381 g/mol. The number of hydrogen-bond donors (Lipinski definition) is 0. The second kappa shape index (κ2) is 7.54. The Hall–Kier alpha value is -3.02. The third kappa shape index (κ3) is 3.81. The van der Waals surface area contributed by atoms with Crippen LogP contribution in [-0.2, 0) is 9.53 Å². The lowest BCUT2D eigenvalue weighted by Gasteiger charge is -2.18.